The van der Waals surface area contributed by atoms with Gasteiger partial charge >= 0.3 is 0 Å². The van der Waals surface area contributed by atoms with Gasteiger partial charge in [0, 0.05) is 24.8 Å². The van der Waals surface area contributed by atoms with Crippen LogP contribution in [0.2, 0.25) is 5.02 Å². The highest BCUT2D eigenvalue weighted by Crippen LogP contribution is 2.38. The van der Waals surface area contributed by atoms with Crippen LogP contribution in [0.1, 0.15) is 18.6 Å². The van der Waals surface area contributed by atoms with Gasteiger partial charge in [-0.05, 0) is 19.1 Å². The summed E-state index contributed by atoms with van der Waals surface area (Å²) in [6, 6.07) is 5.46. The van der Waals surface area contributed by atoms with Gasteiger partial charge in [-0.3, -0.25) is 4.79 Å². The molecule has 5 nitrogen and oxygen atoms in total. The van der Waals surface area contributed by atoms with E-state index in [0.29, 0.717) is 22.8 Å². The fourth-order valence-electron chi connectivity index (χ4n) is 2.10. The number of amides is 1. The van der Waals surface area contributed by atoms with Crippen molar-refractivity contribution in [1.29, 1.82) is 5.26 Å². The SMILES string of the molecule is CC(C#N)CN(C)c1cc2c(cc1Cl)C(O)C(=O)N2. The van der Waals surface area contributed by atoms with Crippen LogP contribution < -0.4 is 10.2 Å². The van der Waals surface area contributed by atoms with E-state index in [4.69, 9.17) is 16.9 Å². The molecule has 19 heavy (non-hydrogen) atoms. The first-order valence-corrected chi connectivity index (χ1v) is 6.25. The zero-order valence-electron chi connectivity index (χ0n) is 10.6. The third-order valence-electron chi connectivity index (χ3n) is 3.10. The highest BCUT2D eigenvalue weighted by molar-refractivity contribution is 6.33. The van der Waals surface area contributed by atoms with Crippen molar-refractivity contribution >= 4 is 28.9 Å². The first-order chi connectivity index (χ1) is 8.93. The Morgan fingerprint density at radius 3 is 2.95 bits per heavy atom. The zero-order valence-corrected chi connectivity index (χ0v) is 11.4. The minimum absolute atomic E-state index is 0.130. The molecule has 1 amide bonds. The van der Waals surface area contributed by atoms with Gasteiger partial charge in [-0.15, -0.1) is 0 Å². The topological polar surface area (TPSA) is 76.4 Å². The maximum absolute atomic E-state index is 11.4. The van der Waals surface area contributed by atoms with Crippen LogP contribution >= 0.6 is 11.6 Å². The molecule has 0 fully saturated rings. The van der Waals surface area contributed by atoms with Crippen LogP contribution in [-0.2, 0) is 4.79 Å². The fourth-order valence-corrected chi connectivity index (χ4v) is 2.41. The number of aliphatic hydroxyl groups is 1. The van der Waals surface area contributed by atoms with Crippen LogP contribution in [0, 0.1) is 17.2 Å². The normalized spacial score (nSPS) is 18.5. The molecule has 1 aliphatic rings. The summed E-state index contributed by atoms with van der Waals surface area (Å²) in [5.74, 6) is -0.578. The maximum atomic E-state index is 11.4. The smallest absolute Gasteiger partial charge is 0.257 e. The number of carbonyl (C=O) groups is 1. The highest BCUT2D eigenvalue weighted by atomic mass is 35.5. The fraction of sp³-hybridized carbons (Fsp3) is 0.385. The van der Waals surface area contributed by atoms with E-state index in [1.807, 2.05) is 18.9 Å². The lowest BCUT2D eigenvalue weighted by Crippen LogP contribution is -2.23. The number of fused-ring (bicyclic) bond motifs is 1. The predicted molar refractivity (Wildman–Crippen MR) is 73.1 cm³/mol. The number of halogens is 1. The number of benzene rings is 1. The van der Waals surface area contributed by atoms with Crippen molar-refractivity contribution in [2.75, 3.05) is 23.8 Å². The Morgan fingerprint density at radius 1 is 1.63 bits per heavy atom. The average Bonchev–Trinajstić information content (AvgIpc) is 2.64. The molecule has 0 spiro atoms. The van der Waals surface area contributed by atoms with Gasteiger partial charge in [0.2, 0.25) is 0 Å². The molecular weight excluding hydrogens is 266 g/mol. The minimum atomic E-state index is -1.16. The summed E-state index contributed by atoms with van der Waals surface area (Å²) in [5.41, 5.74) is 1.77. The van der Waals surface area contributed by atoms with Gasteiger partial charge in [0.05, 0.1) is 22.7 Å². The molecule has 2 atom stereocenters. The van der Waals surface area contributed by atoms with Crippen molar-refractivity contribution in [3.63, 3.8) is 0 Å². The van der Waals surface area contributed by atoms with E-state index in [0.717, 1.165) is 5.69 Å². The van der Waals surface area contributed by atoms with E-state index in [1.54, 1.807) is 12.1 Å². The summed E-state index contributed by atoms with van der Waals surface area (Å²) in [6.45, 7) is 2.36. The Kier molecular flexibility index (Phi) is 3.65. The molecule has 0 radical (unpaired) electrons. The van der Waals surface area contributed by atoms with E-state index < -0.39 is 12.0 Å². The second-order valence-corrected chi connectivity index (χ2v) is 5.10. The van der Waals surface area contributed by atoms with Crippen LogP contribution in [0.15, 0.2) is 12.1 Å². The quantitative estimate of drug-likeness (QED) is 0.886. The summed E-state index contributed by atoms with van der Waals surface area (Å²) in [4.78, 5) is 13.2. The van der Waals surface area contributed by atoms with Crippen LogP contribution in [0.3, 0.4) is 0 Å². The number of carbonyl (C=O) groups excluding carboxylic acids is 1. The monoisotopic (exact) mass is 279 g/mol. The first-order valence-electron chi connectivity index (χ1n) is 5.87. The van der Waals surface area contributed by atoms with E-state index in [9.17, 15) is 9.90 Å². The Hall–Kier alpha value is -1.77. The number of anilines is 2. The summed E-state index contributed by atoms with van der Waals surface area (Å²) in [5, 5.41) is 21.5. The van der Waals surface area contributed by atoms with Gasteiger partial charge in [0.1, 0.15) is 0 Å². The number of hydrogen-bond donors (Lipinski definition) is 2. The van der Waals surface area contributed by atoms with Crippen molar-refractivity contribution in [2.24, 2.45) is 5.92 Å². The molecule has 1 aromatic rings. The van der Waals surface area contributed by atoms with Gasteiger partial charge in [0.25, 0.3) is 5.91 Å². The number of nitrogens with one attached hydrogen (secondary N) is 1. The summed E-state index contributed by atoms with van der Waals surface area (Å²) >= 11 is 6.17. The number of nitrogens with zero attached hydrogens (tertiary/aromatic N) is 2. The molecule has 2 N–H and O–H groups in total. The van der Waals surface area contributed by atoms with Crippen LogP contribution in [-0.4, -0.2) is 24.6 Å². The second-order valence-electron chi connectivity index (χ2n) is 4.69. The van der Waals surface area contributed by atoms with Gasteiger partial charge in [-0.1, -0.05) is 11.6 Å². The second kappa shape index (κ2) is 5.08. The van der Waals surface area contributed by atoms with Gasteiger partial charge in [-0.2, -0.15) is 5.26 Å². The Balaban J connectivity index is 2.32. The van der Waals surface area contributed by atoms with E-state index in [1.165, 1.54) is 0 Å². The Morgan fingerprint density at radius 2 is 2.32 bits per heavy atom. The molecule has 2 rings (SSSR count). The van der Waals surface area contributed by atoms with Crippen molar-refractivity contribution in [2.45, 2.75) is 13.0 Å². The van der Waals surface area contributed by atoms with Crippen molar-refractivity contribution in [3.05, 3.63) is 22.7 Å². The van der Waals surface area contributed by atoms with Crippen LogP contribution in [0.5, 0.6) is 0 Å². The third-order valence-corrected chi connectivity index (χ3v) is 3.40. The minimum Gasteiger partial charge on any atom is -0.378 e. The highest BCUT2D eigenvalue weighted by Gasteiger charge is 2.30. The molecule has 0 aliphatic carbocycles. The summed E-state index contributed by atoms with van der Waals surface area (Å²) in [7, 11) is 1.83. The predicted octanol–water partition coefficient (Wildman–Crippen LogP) is 1.92. The van der Waals surface area contributed by atoms with E-state index >= 15 is 0 Å². The third kappa shape index (κ3) is 2.50. The lowest BCUT2D eigenvalue weighted by atomic mass is 10.1. The van der Waals surface area contributed by atoms with E-state index in [-0.39, 0.29) is 5.92 Å². The molecule has 0 aromatic heterocycles. The van der Waals surface area contributed by atoms with Crippen molar-refractivity contribution in [1.82, 2.24) is 0 Å². The van der Waals surface area contributed by atoms with Crippen LogP contribution in [0.25, 0.3) is 0 Å². The molecule has 2 unspecified atom stereocenters. The lowest BCUT2D eigenvalue weighted by Gasteiger charge is -2.22. The number of aliphatic hydroxyl groups excluding tert-OH is 1. The summed E-state index contributed by atoms with van der Waals surface area (Å²) < 4.78 is 0. The zero-order chi connectivity index (χ0) is 14.2. The Labute approximate surface area is 116 Å². The maximum Gasteiger partial charge on any atom is 0.257 e. The molecule has 100 valence electrons. The van der Waals surface area contributed by atoms with Gasteiger partial charge in [0.15, 0.2) is 6.10 Å². The van der Waals surface area contributed by atoms with Crippen molar-refractivity contribution in [3.8, 4) is 6.07 Å². The number of hydrogen-bond acceptors (Lipinski definition) is 4. The molecule has 6 heteroatoms. The molecule has 1 aromatic carbocycles. The van der Waals surface area contributed by atoms with Crippen molar-refractivity contribution < 1.29 is 9.90 Å². The number of nitriles is 1. The van der Waals surface area contributed by atoms with Crippen LogP contribution in [0.4, 0.5) is 11.4 Å². The number of rotatable bonds is 3. The first kappa shape index (κ1) is 13.7. The molecule has 0 saturated heterocycles. The Bertz CT molecular complexity index is 568. The van der Waals surface area contributed by atoms with E-state index in [2.05, 4.69) is 11.4 Å². The molecule has 0 bridgehead atoms. The molecular formula is C13H14ClN3O2. The van der Waals surface area contributed by atoms with Gasteiger partial charge in [-0.25, -0.2) is 0 Å². The molecule has 1 heterocycles. The molecule has 1 aliphatic heterocycles. The van der Waals surface area contributed by atoms with Gasteiger partial charge < -0.3 is 15.3 Å². The standard InChI is InChI=1S/C13H14ClN3O2/c1-7(5-15)6-17(2)11-4-10-8(3-9(11)14)12(18)13(19)16-10/h3-4,7,12,18H,6H2,1-2H3,(H,16,19). The largest absolute Gasteiger partial charge is 0.378 e. The summed E-state index contributed by atoms with van der Waals surface area (Å²) in [6.07, 6.45) is -1.16. The average molecular weight is 280 g/mol. The lowest BCUT2D eigenvalue weighted by molar-refractivity contribution is -0.123. The molecule has 0 saturated carbocycles.